The Morgan fingerprint density at radius 1 is 1.35 bits per heavy atom. The molecule has 0 spiro atoms. The van der Waals surface area contributed by atoms with Gasteiger partial charge >= 0.3 is 6.09 Å². The summed E-state index contributed by atoms with van der Waals surface area (Å²) in [5, 5.41) is 2.65. The minimum atomic E-state index is -0.547. The second kappa shape index (κ2) is 5.15. The Bertz CT molecular complexity index is 547. The summed E-state index contributed by atoms with van der Waals surface area (Å²) in [6, 6.07) is 5.38. The number of likely N-dealkylation sites (N-methyl/N-ethyl adjacent to an activating group) is 1. The maximum absolute atomic E-state index is 12.1. The van der Waals surface area contributed by atoms with Crippen LogP contribution in [0.4, 0.5) is 10.5 Å². The minimum absolute atomic E-state index is 0.0147. The van der Waals surface area contributed by atoms with Crippen molar-refractivity contribution in [1.82, 2.24) is 4.90 Å². The summed E-state index contributed by atoms with van der Waals surface area (Å²) >= 11 is 0. The van der Waals surface area contributed by atoms with Crippen LogP contribution in [0.25, 0.3) is 0 Å². The van der Waals surface area contributed by atoms with Crippen molar-refractivity contribution in [2.45, 2.75) is 32.8 Å². The minimum Gasteiger partial charge on any atom is -0.444 e. The first-order valence-electron chi connectivity index (χ1n) is 6.65. The van der Waals surface area contributed by atoms with Crippen molar-refractivity contribution >= 4 is 17.7 Å². The quantitative estimate of drug-likeness (QED) is 0.858. The zero-order chi connectivity index (χ0) is 14.9. The van der Waals surface area contributed by atoms with Crippen molar-refractivity contribution in [3.05, 3.63) is 29.3 Å². The van der Waals surface area contributed by atoms with Crippen LogP contribution < -0.4 is 5.32 Å². The predicted molar refractivity (Wildman–Crippen MR) is 77.0 cm³/mol. The fraction of sp³-hybridized carbons (Fsp3) is 0.467. The molecule has 2 rings (SSSR count). The van der Waals surface area contributed by atoms with Gasteiger partial charge in [-0.3, -0.25) is 10.1 Å². The largest absolute Gasteiger partial charge is 0.444 e. The molecule has 0 aromatic heterocycles. The van der Waals surface area contributed by atoms with Crippen molar-refractivity contribution in [1.29, 1.82) is 0 Å². The lowest BCUT2D eigenvalue weighted by Crippen LogP contribution is -2.34. The van der Waals surface area contributed by atoms with E-state index in [1.807, 2.05) is 6.07 Å². The van der Waals surface area contributed by atoms with Crippen LogP contribution in [-0.2, 0) is 11.2 Å². The Balaban J connectivity index is 2.15. The summed E-state index contributed by atoms with van der Waals surface area (Å²) in [6.45, 7) is 6.14. The average molecular weight is 276 g/mol. The molecule has 2 amide bonds. The van der Waals surface area contributed by atoms with Gasteiger partial charge in [-0.25, -0.2) is 4.79 Å². The van der Waals surface area contributed by atoms with Gasteiger partial charge in [-0.2, -0.15) is 0 Å². The van der Waals surface area contributed by atoms with Gasteiger partial charge in [0.2, 0.25) is 0 Å². The molecular weight excluding hydrogens is 256 g/mol. The summed E-state index contributed by atoms with van der Waals surface area (Å²) in [5.41, 5.74) is 1.69. The average Bonchev–Trinajstić information content (AvgIpc) is 2.32. The lowest BCUT2D eigenvalue weighted by atomic mass is 9.99. The number of nitrogens with one attached hydrogen (secondary N) is 1. The molecule has 1 N–H and O–H groups in total. The van der Waals surface area contributed by atoms with Gasteiger partial charge in [-0.1, -0.05) is 6.07 Å². The van der Waals surface area contributed by atoms with Gasteiger partial charge in [0.05, 0.1) is 0 Å². The molecule has 0 atom stereocenters. The summed E-state index contributed by atoms with van der Waals surface area (Å²) in [4.78, 5) is 25.5. The second-order valence-electron chi connectivity index (χ2n) is 5.98. The fourth-order valence-corrected chi connectivity index (χ4v) is 2.09. The zero-order valence-electron chi connectivity index (χ0n) is 12.3. The van der Waals surface area contributed by atoms with E-state index >= 15 is 0 Å². The molecule has 1 aromatic carbocycles. The molecule has 1 heterocycles. The number of carbonyl (C=O) groups is 2. The van der Waals surface area contributed by atoms with Crippen molar-refractivity contribution in [2.75, 3.05) is 18.9 Å². The lowest BCUT2D eigenvalue weighted by Gasteiger charge is -2.25. The van der Waals surface area contributed by atoms with Gasteiger partial charge in [0.1, 0.15) is 5.60 Å². The van der Waals surface area contributed by atoms with E-state index in [2.05, 4.69) is 5.32 Å². The summed E-state index contributed by atoms with van der Waals surface area (Å²) in [5.74, 6) is -0.0147. The van der Waals surface area contributed by atoms with Gasteiger partial charge < -0.3 is 9.64 Å². The van der Waals surface area contributed by atoms with Gasteiger partial charge in [-0.15, -0.1) is 0 Å². The van der Waals surface area contributed by atoms with Crippen molar-refractivity contribution in [2.24, 2.45) is 0 Å². The monoisotopic (exact) mass is 276 g/mol. The van der Waals surface area contributed by atoms with E-state index in [0.29, 0.717) is 11.3 Å². The highest BCUT2D eigenvalue weighted by atomic mass is 16.6. The molecule has 1 aromatic rings. The van der Waals surface area contributed by atoms with Crippen LogP contribution in [-0.4, -0.2) is 36.1 Å². The summed E-state index contributed by atoms with van der Waals surface area (Å²) in [6.07, 6.45) is 0.318. The predicted octanol–water partition coefficient (Wildman–Crippen LogP) is 2.66. The molecule has 0 bridgehead atoms. The highest BCUT2D eigenvalue weighted by molar-refractivity contribution is 5.98. The van der Waals surface area contributed by atoms with Crippen LogP contribution in [0, 0.1) is 0 Å². The molecule has 1 aliphatic rings. The van der Waals surface area contributed by atoms with Gasteiger partial charge in [0.15, 0.2) is 0 Å². The van der Waals surface area contributed by atoms with Gasteiger partial charge in [0.25, 0.3) is 5.91 Å². The molecule has 108 valence electrons. The molecule has 5 nitrogen and oxygen atoms in total. The number of anilines is 1. The molecule has 0 unspecified atom stereocenters. The number of ether oxygens (including phenoxy) is 1. The standard InChI is InChI=1S/C15H20N2O3/c1-15(2,3)20-14(19)16-11-6-5-10-7-8-17(4)13(18)12(10)9-11/h5-6,9H,7-8H2,1-4H3,(H,16,19). The molecule has 20 heavy (non-hydrogen) atoms. The van der Waals surface area contributed by atoms with E-state index in [-0.39, 0.29) is 5.91 Å². The number of amides is 2. The van der Waals surface area contributed by atoms with Gasteiger partial charge in [-0.05, 0) is 44.9 Å². The number of nitrogens with zero attached hydrogens (tertiary/aromatic N) is 1. The first kappa shape index (κ1) is 14.4. The summed E-state index contributed by atoms with van der Waals surface area (Å²) < 4.78 is 5.19. The maximum Gasteiger partial charge on any atom is 0.412 e. The Morgan fingerprint density at radius 2 is 2.05 bits per heavy atom. The van der Waals surface area contributed by atoms with E-state index in [4.69, 9.17) is 4.74 Å². The number of rotatable bonds is 1. The zero-order valence-corrected chi connectivity index (χ0v) is 12.3. The van der Waals surface area contributed by atoms with Crippen LogP contribution in [0.15, 0.2) is 18.2 Å². The number of carbonyl (C=O) groups excluding carboxylic acids is 2. The second-order valence-corrected chi connectivity index (χ2v) is 5.98. The Kier molecular flexibility index (Phi) is 3.70. The maximum atomic E-state index is 12.1. The third-order valence-electron chi connectivity index (χ3n) is 3.05. The third kappa shape index (κ3) is 3.29. The Morgan fingerprint density at radius 3 is 2.70 bits per heavy atom. The normalized spacial score (nSPS) is 14.8. The van der Waals surface area contributed by atoms with Crippen molar-refractivity contribution in [3.63, 3.8) is 0 Å². The first-order chi connectivity index (χ1) is 9.26. The van der Waals surface area contributed by atoms with Crippen molar-refractivity contribution < 1.29 is 14.3 Å². The lowest BCUT2D eigenvalue weighted by molar-refractivity contribution is 0.0635. The highest BCUT2D eigenvalue weighted by Gasteiger charge is 2.22. The number of fused-ring (bicyclic) bond motifs is 1. The van der Waals surface area contributed by atoms with E-state index in [1.165, 1.54) is 0 Å². The number of hydrogen-bond donors (Lipinski definition) is 1. The fourth-order valence-electron chi connectivity index (χ4n) is 2.09. The SMILES string of the molecule is CN1CCc2ccc(NC(=O)OC(C)(C)C)cc2C1=O. The topological polar surface area (TPSA) is 58.6 Å². The molecule has 0 aliphatic carbocycles. The van der Waals surface area contributed by atoms with E-state index < -0.39 is 11.7 Å². The molecule has 0 radical (unpaired) electrons. The van der Waals surface area contributed by atoms with E-state index in [9.17, 15) is 9.59 Å². The molecule has 0 fully saturated rings. The van der Waals surface area contributed by atoms with Crippen molar-refractivity contribution in [3.8, 4) is 0 Å². The molecule has 0 saturated heterocycles. The summed E-state index contributed by atoms with van der Waals surface area (Å²) in [7, 11) is 1.78. The van der Waals surface area contributed by atoms with E-state index in [1.54, 1.807) is 44.9 Å². The van der Waals surface area contributed by atoms with Crippen LogP contribution in [0.3, 0.4) is 0 Å². The molecular formula is C15H20N2O3. The Labute approximate surface area is 118 Å². The highest BCUT2D eigenvalue weighted by Crippen LogP contribution is 2.22. The number of benzene rings is 1. The van der Waals surface area contributed by atoms with Crippen LogP contribution >= 0.6 is 0 Å². The Hall–Kier alpha value is -2.04. The van der Waals surface area contributed by atoms with Crippen LogP contribution in [0.1, 0.15) is 36.7 Å². The van der Waals surface area contributed by atoms with Crippen LogP contribution in [0.5, 0.6) is 0 Å². The van der Waals surface area contributed by atoms with Crippen LogP contribution in [0.2, 0.25) is 0 Å². The third-order valence-corrected chi connectivity index (χ3v) is 3.05. The molecule has 5 heteroatoms. The number of hydrogen-bond acceptors (Lipinski definition) is 3. The van der Waals surface area contributed by atoms with E-state index in [0.717, 1.165) is 18.5 Å². The molecule has 0 saturated carbocycles. The molecule has 1 aliphatic heterocycles. The smallest absolute Gasteiger partial charge is 0.412 e. The van der Waals surface area contributed by atoms with Gasteiger partial charge in [0, 0.05) is 24.8 Å². The first-order valence-corrected chi connectivity index (χ1v) is 6.65.